The van der Waals surface area contributed by atoms with Crippen LogP contribution in [0.15, 0.2) is 28.0 Å². The summed E-state index contributed by atoms with van der Waals surface area (Å²) in [5.41, 5.74) is -0.433. The van der Waals surface area contributed by atoms with E-state index >= 15 is 0 Å². The lowest BCUT2D eigenvalue weighted by molar-refractivity contribution is -0.117. The fourth-order valence-electron chi connectivity index (χ4n) is 2.14. The van der Waals surface area contributed by atoms with E-state index in [0.29, 0.717) is 5.56 Å². The quantitative estimate of drug-likeness (QED) is 0.686. The van der Waals surface area contributed by atoms with Gasteiger partial charge in [0.15, 0.2) is 0 Å². The molecule has 12 heteroatoms. The summed E-state index contributed by atoms with van der Waals surface area (Å²) in [6.07, 6.45) is 1.13. The fourth-order valence-corrected chi connectivity index (χ4v) is 3.53. The Morgan fingerprint density at radius 3 is 2.56 bits per heavy atom. The van der Waals surface area contributed by atoms with E-state index in [0.717, 1.165) is 21.3 Å². The molecule has 146 valence electrons. The number of aryl methyl sites for hydroxylation is 1. The van der Waals surface area contributed by atoms with Gasteiger partial charge in [0.2, 0.25) is 15.9 Å². The highest BCUT2D eigenvalue weighted by molar-refractivity contribution is 7.89. The predicted molar refractivity (Wildman–Crippen MR) is 101 cm³/mol. The Labute approximate surface area is 165 Å². The van der Waals surface area contributed by atoms with Crippen LogP contribution >= 0.6 is 23.2 Å². The van der Waals surface area contributed by atoms with Gasteiger partial charge in [-0.25, -0.2) is 17.4 Å². The van der Waals surface area contributed by atoms with Crippen molar-refractivity contribution < 1.29 is 18.3 Å². The van der Waals surface area contributed by atoms with E-state index in [1.807, 2.05) is 0 Å². The van der Waals surface area contributed by atoms with Crippen LogP contribution in [0.5, 0.6) is 5.75 Å². The number of anilines is 1. The monoisotopic (exact) mass is 434 g/mol. The van der Waals surface area contributed by atoms with Crippen LogP contribution in [0, 0.1) is 6.92 Å². The van der Waals surface area contributed by atoms with Gasteiger partial charge >= 0.3 is 0 Å². The summed E-state index contributed by atoms with van der Waals surface area (Å²) >= 11 is 11.4. The lowest BCUT2D eigenvalue weighted by atomic mass is 10.2. The van der Waals surface area contributed by atoms with Crippen LogP contribution in [0.1, 0.15) is 5.56 Å². The first-order valence-corrected chi connectivity index (χ1v) is 9.62. The summed E-state index contributed by atoms with van der Waals surface area (Å²) in [4.78, 5) is 24.0. The molecule has 0 aliphatic heterocycles. The highest BCUT2D eigenvalue weighted by atomic mass is 35.5. The second-order valence-corrected chi connectivity index (χ2v) is 8.65. The number of benzene rings is 1. The molecule has 2 aromatic rings. The van der Waals surface area contributed by atoms with Crippen molar-refractivity contribution in [2.75, 3.05) is 19.4 Å². The number of phenolic OH excluding ortho intramolecular Hbond substituents is 1. The summed E-state index contributed by atoms with van der Waals surface area (Å²) in [5, 5.41) is 15.9. The fraction of sp³-hybridized carbons (Fsp3) is 0.267. The van der Waals surface area contributed by atoms with Crippen LogP contribution in [0.2, 0.25) is 10.0 Å². The van der Waals surface area contributed by atoms with E-state index in [4.69, 9.17) is 23.2 Å². The van der Waals surface area contributed by atoms with Crippen LogP contribution in [-0.2, 0) is 21.4 Å². The van der Waals surface area contributed by atoms with Gasteiger partial charge in [0.1, 0.15) is 17.3 Å². The molecule has 0 atom stereocenters. The SMILES string of the molecule is Cc1cc(NC(=O)Cn2ncc(Cl)c(Cl)c2=O)c(O)cc1S(=O)(=O)N(C)C. The molecule has 0 spiro atoms. The predicted octanol–water partition coefficient (Wildman–Crippen LogP) is 1.45. The number of aromatic nitrogens is 2. The number of nitrogens with one attached hydrogen (secondary N) is 1. The minimum atomic E-state index is -3.76. The van der Waals surface area contributed by atoms with Crippen molar-refractivity contribution >= 4 is 44.8 Å². The summed E-state index contributed by atoms with van der Waals surface area (Å²) in [6, 6.07) is 2.36. The molecule has 0 saturated heterocycles. The molecule has 27 heavy (non-hydrogen) atoms. The molecule has 0 aliphatic carbocycles. The Kier molecular flexibility index (Phi) is 6.15. The maximum absolute atomic E-state index is 12.2. The van der Waals surface area contributed by atoms with Crippen molar-refractivity contribution in [3.8, 4) is 5.75 Å². The number of carbonyl (C=O) groups is 1. The number of hydrogen-bond donors (Lipinski definition) is 2. The van der Waals surface area contributed by atoms with Gasteiger partial charge in [-0.3, -0.25) is 9.59 Å². The Morgan fingerprint density at radius 1 is 1.33 bits per heavy atom. The van der Waals surface area contributed by atoms with Crippen molar-refractivity contribution in [2.45, 2.75) is 18.4 Å². The van der Waals surface area contributed by atoms with Crippen LogP contribution < -0.4 is 10.9 Å². The Hall–Kier alpha value is -2.14. The van der Waals surface area contributed by atoms with Gasteiger partial charge in [-0.1, -0.05) is 23.2 Å². The van der Waals surface area contributed by atoms with Crippen LogP contribution in [0.4, 0.5) is 5.69 Å². The lowest BCUT2D eigenvalue weighted by Gasteiger charge is -2.16. The maximum atomic E-state index is 12.2. The van der Waals surface area contributed by atoms with Crippen molar-refractivity contribution in [1.29, 1.82) is 0 Å². The first-order valence-electron chi connectivity index (χ1n) is 7.42. The van der Waals surface area contributed by atoms with Gasteiger partial charge in [-0.05, 0) is 18.6 Å². The highest BCUT2D eigenvalue weighted by Crippen LogP contribution is 2.30. The van der Waals surface area contributed by atoms with Gasteiger partial charge in [-0.2, -0.15) is 5.10 Å². The van der Waals surface area contributed by atoms with Crippen molar-refractivity contribution in [1.82, 2.24) is 14.1 Å². The number of carbonyl (C=O) groups excluding carboxylic acids is 1. The Balaban J connectivity index is 2.28. The molecule has 1 heterocycles. The molecule has 0 aliphatic rings. The van der Waals surface area contributed by atoms with E-state index in [1.165, 1.54) is 27.1 Å². The van der Waals surface area contributed by atoms with Crippen LogP contribution in [0.25, 0.3) is 0 Å². The lowest BCUT2D eigenvalue weighted by Crippen LogP contribution is -2.30. The summed E-state index contributed by atoms with van der Waals surface area (Å²) in [7, 11) is -1.03. The van der Waals surface area contributed by atoms with E-state index in [9.17, 15) is 23.1 Å². The number of rotatable bonds is 5. The number of hydrogen-bond acceptors (Lipinski definition) is 6. The van der Waals surface area contributed by atoms with Gasteiger partial charge in [0.25, 0.3) is 5.56 Å². The molecule has 1 aromatic carbocycles. The minimum absolute atomic E-state index is 0.0108. The normalized spacial score (nSPS) is 11.6. The zero-order valence-corrected chi connectivity index (χ0v) is 16.9. The van der Waals surface area contributed by atoms with Crippen molar-refractivity contribution in [3.05, 3.63) is 44.3 Å². The number of amides is 1. The number of nitrogens with zero attached hydrogens (tertiary/aromatic N) is 3. The van der Waals surface area contributed by atoms with E-state index < -0.39 is 33.8 Å². The van der Waals surface area contributed by atoms with E-state index in [2.05, 4.69) is 10.4 Å². The Bertz CT molecular complexity index is 1070. The number of aromatic hydroxyl groups is 1. The van der Waals surface area contributed by atoms with Crippen LogP contribution in [-0.4, -0.2) is 47.6 Å². The average Bonchev–Trinajstić information content (AvgIpc) is 2.58. The summed E-state index contributed by atoms with van der Waals surface area (Å²) in [6.45, 7) is 1.04. The standard InChI is InChI=1S/C15H16Cl2N4O5S/c1-8-4-10(11(22)5-12(8)27(25,26)20(2)3)19-13(23)7-21-15(24)14(17)9(16)6-18-21/h4-6,22H,7H2,1-3H3,(H,19,23). The van der Waals surface area contributed by atoms with Gasteiger partial charge in [0, 0.05) is 20.2 Å². The zero-order chi connectivity index (χ0) is 20.5. The molecule has 0 radical (unpaired) electrons. The Morgan fingerprint density at radius 2 is 1.96 bits per heavy atom. The molecule has 0 bridgehead atoms. The third-order valence-corrected chi connectivity index (χ3v) is 6.27. The maximum Gasteiger partial charge on any atom is 0.287 e. The molecule has 0 fully saturated rings. The van der Waals surface area contributed by atoms with Crippen molar-refractivity contribution in [2.24, 2.45) is 0 Å². The summed E-state index contributed by atoms with van der Waals surface area (Å²) in [5.74, 6) is -1.12. The van der Waals surface area contributed by atoms with Gasteiger partial charge < -0.3 is 10.4 Å². The number of phenols is 1. The first kappa shape index (κ1) is 21.2. The van der Waals surface area contributed by atoms with Crippen molar-refractivity contribution in [3.63, 3.8) is 0 Å². The molecule has 9 nitrogen and oxygen atoms in total. The zero-order valence-electron chi connectivity index (χ0n) is 14.5. The first-order chi connectivity index (χ1) is 12.4. The third kappa shape index (κ3) is 4.41. The average molecular weight is 435 g/mol. The van der Waals surface area contributed by atoms with E-state index in [1.54, 1.807) is 0 Å². The largest absolute Gasteiger partial charge is 0.506 e. The molecule has 0 unspecified atom stereocenters. The highest BCUT2D eigenvalue weighted by Gasteiger charge is 2.22. The molecule has 1 amide bonds. The van der Waals surface area contributed by atoms with Gasteiger partial charge in [-0.15, -0.1) is 0 Å². The topological polar surface area (TPSA) is 122 Å². The molecule has 2 rings (SSSR count). The molecule has 1 aromatic heterocycles. The minimum Gasteiger partial charge on any atom is -0.506 e. The van der Waals surface area contributed by atoms with Crippen LogP contribution in [0.3, 0.4) is 0 Å². The summed E-state index contributed by atoms with van der Waals surface area (Å²) < 4.78 is 26.3. The molecule has 2 N–H and O–H groups in total. The third-order valence-electron chi connectivity index (χ3n) is 3.56. The second kappa shape index (κ2) is 7.85. The second-order valence-electron chi connectivity index (χ2n) is 5.74. The van der Waals surface area contributed by atoms with E-state index in [-0.39, 0.29) is 20.6 Å². The number of halogens is 2. The number of sulfonamides is 1. The molecular weight excluding hydrogens is 419 g/mol. The smallest absolute Gasteiger partial charge is 0.287 e. The molecular formula is C15H16Cl2N4O5S. The van der Waals surface area contributed by atoms with Gasteiger partial charge in [0.05, 0.1) is 21.8 Å². The molecule has 0 saturated carbocycles.